The maximum atomic E-state index is 13.9. The van der Waals surface area contributed by atoms with E-state index in [9.17, 15) is 9.59 Å². The van der Waals surface area contributed by atoms with Crippen LogP contribution in [0.5, 0.6) is 11.5 Å². The highest BCUT2D eigenvalue weighted by atomic mass is 16.5. The number of ether oxygens (including phenoxy) is 2. The van der Waals surface area contributed by atoms with Crippen LogP contribution in [-0.2, 0) is 22.6 Å². The number of methoxy groups -OCH3 is 2. The molecule has 182 valence electrons. The smallest absolute Gasteiger partial charge is 0.246 e. The van der Waals surface area contributed by atoms with Gasteiger partial charge in [0.15, 0.2) is 0 Å². The summed E-state index contributed by atoms with van der Waals surface area (Å²) in [5, 5.41) is 1.10. The predicted molar refractivity (Wildman–Crippen MR) is 136 cm³/mol. The van der Waals surface area contributed by atoms with Gasteiger partial charge in [0.25, 0.3) is 0 Å². The second-order valence-electron chi connectivity index (χ2n) is 9.30. The Morgan fingerprint density at radius 2 is 1.56 bits per heavy atom. The Bertz CT molecular complexity index is 1440. The summed E-state index contributed by atoms with van der Waals surface area (Å²) in [4.78, 5) is 34.6. The van der Waals surface area contributed by atoms with Crippen LogP contribution in [0, 0.1) is 0 Å². The Hall–Kier alpha value is -4.26. The number of amides is 2. The van der Waals surface area contributed by atoms with Crippen molar-refractivity contribution in [3.8, 4) is 11.5 Å². The van der Waals surface area contributed by atoms with Crippen LogP contribution < -0.4 is 9.47 Å². The fourth-order valence-corrected chi connectivity index (χ4v) is 5.54. The number of rotatable bonds is 5. The van der Waals surface area contributed by atoms with Crippen LogP contribution >= 0.6 is 0 Å². The number of para-hydroxylation sites is 1. The van der Waals surface area contributed by atoms with Gasteiger partial charge in [0.05, 0.1) is 20.3 Å². The molecular formula is C29H27N3O4. The molecule has 1 N–H and O–H groups in total. The summed E-state index contributed by atoms with van der Waals surface area (Å²) in [6.45, 7) is 0.427. The van der Waals surface area contributed by atoms with E-state index in [2.05, 4.69) is 11.1 Å². The zero-order valence-electron chi connectivity index (χ0n) is 20.2. The quantitative estimate of drug-likeness (QED) is 0.466. The van der Waals surface area contributed by atoms with Crippen molar-refractivity contribution in [2.75, 3.05) is 20.8 Å². The molecule has 1 aromatic heterocycles. The summed E-state index contributed by atoms with van der Waals surface area (Å²) in [6, 6.07) is 22.5. The van der Waals surface area contributed by atoms with Crippen molar-refractivity contribution in [1.82, 2.24) is 14.8 Å². The highest BCUT2D eigenvalue weighted by Gasteiger charge is 2.48. The maximum Gasteiger partial charge on any atom is 0.246 e. The van der Waals surface area contributed by atoms with Gasteiger partial charge in [-0.05, 0) is 47.0 Å². The van der Waals surface area contributed by atoms with Crippen LogP contribution in [0.15, 0.2) is 72.8 Å². The lowest BCUT2D eigenvalue weighted by atomic mass is 9.86. The van der Waals surface area contributed by atoms with Gasteiger partial charge in [-0.2, -0.15) is 0 Å². The Morgan fingerprint density at radius 1 is 0.889 bits per heavy atom. The molecule has 1 fully saturated rings. The van der Waals surface area contributed by atoms with E-state index < -0.39 is 6.04 Å². The average molecular weight is 482 g/mol. The fourth-order valence-electron chi connectivity index (χ4n) is 5.54. The first kappa shape index (κ1) is 22.2. The van der Waals surface area contributed by atoms with E-state index in [1.165, 1.54) is 0 Å². The Kier molecular flexibility index (Phi) is 5.40. The third-order valence-corrected chi connectivity index (χ3v) is 7.31. The summed E-state index contributed by atoms with van der Waals surface area (Å²) < 4.78 is 10.6. The molecule has 0 radical (unpaired) electrons. The van der Waals surface area contributed by atoms with E-state index in [1.54, 1.807) is 24.0 Å². The minimum absolute atomic E-state index is 0.0279. The van der Waals surface area contributed by atoms with Crippen LogP contribution in [0.1, 0.15) is 28.4 Å². The van der Waals surface area contributed by atoms with Gasteiger partial charge in [0.2, 0.25) is 11.8 Å². The highest BCUT2D eigenvalue weighted by Crippen LogP contribution is 2.43. The van der Waals surface area contributed by atoms with Gasteiger partial charge in [0.1, 0.15) is 24.1 Å². The number of hydrogen-bond acceptors (Lipinski definition) is 4. The van der Waals surface area contributed by atoms with E-state index in [0.717, 1.165) is 44.8 Å². The minimum atomic E-state index is -0.566. The lowest BCUT2D eigenvalue weighted by Crippen LogP contribution is -2.62. The minimum Gasteiger partial charge on any atom is -0.497 e. The molecule has 0 aliphatic carbocycles. The monoisotopic (exact) mass is 481 g/mol. The molecular weight excluding hydrogens is 454 g/mol. The van der Waals surface area contributed by atoms with Crippen molar-refractivity contribution in [3.63, 3.8) is 0 Å². The van der Waals surface area contributed by atoms with Crippen molar-refractivity contribution >= 4 is 22.7 Å². The molecule has 2 aliphatic heterocycles. The fraction of sp³-hybridized carbons (Fsp3) is 0.241. The Balaban J connectivity index is 1.41. The van der Waals surface area contributed by atoms with Gasteiger partial charge in [-0.3, -0.25) is 9.59 Å². The number of piperazine rings is 1. The van der Waals surface area contributed by atoms with E-state index >= 15 is 0 Å². The molecule has 7 heteroatoms. The number of aromatic nitrogens is 1. The molecule has 6 rings (SSSR count). The van der Waals surface area contributed by atoms with Crippen LogP contribution in [0.3, 0.4) is 0 Å². The van der Waals surface area contributed by atoms with Crippen LogP contribution in [0.2, 0.25) is 0 Å². The van der Waals surface area contributed by atoms with Gasteiger partial charge in [-0.15, -0.1) is 0 Å². The molecule has 4 aromatic rings. The molecule has 3 aromatic carbocycles. The van der Waals surface area contributed by atoms with Gasteiger partial charge in [-0.25, -0.2) is 0 Å². The molecule has 2 atom stereocenters. The molecule has 2 aliphatic rings. The van der Waals surface area contributed by atoms with Crippen LogP contribution in [0.25, 0.3) is 10.9 Å². The molecule has 0 spiro atoms. The van der Waals surface area contributed by atoms with Crippen molar-refractivity contribution in [1.29, 1.82) is 0 Å². The Labute approximate surface area is 209 Å². The zero-order chi connectivity index (χ0) is 24.8. The lowest BCUT2D eigenvalue weighted by molar-refractivity contribution is -0.159. The summed E-state index contributed by atoms with van der Waals surface area (Å²) in [6.07, 6.45) is 0.482. The van der Waals surface area contributed by atoms with Gasteiger partial charge >= 0.3 is 0 Å². The standard InChI is InChI=1S/C29H27N3O4/c1-35-20-11-7-18(8-12-20)16-31-17-26(33)32-25(29(31)34)15-23-22-5-3-4-6-24(22)30-27(23)28(32)19-9-13-21(36-2)14-10-19/h3-14,25,28,30H,15-17H2,1-2H3/t25-,28+/m0/s1. The molecule has 0 bridgehead atoms. The normalized spacial score (nSPS) is 19.3. The second kappa shape index (κ2) is 8.75. The van der Waals surface area contributed by atoms with Gasteiger partial charge in [0, 0.05) is 29.6 Å². The van der Waals surface area contributed by atoms with Crippen molar-refractivity contribution in [2.24, 2.45) is 0 Å². The number of nitrogens with zero attached hydrogens (tertiary/aromatic N) is 2. The third-order valence-electron chi connectivity index (χ3n) is 7.31. The largest absolute Gasteiger partial charge is 0.497 e. The topological polar surface area (TPSA) is 74.9 Å². The van der Waals surface area contributed by atoms with Gasteiger partial charge < -0.3 is 24.3 Å². The molecule has 0 unspecified atom stereocenters. The van der Waals surface area contributed by atoms with E-state index in [-0.39, 0.29) is 24.4 Å². The lowest BCUT2D eigenvalue weighted by Gasteiger charge is -2.47. The summed E-state index contributed by atoms with van der Waals surface area (Å²) >= 11 is 0. The number of hydrogen-bond donors (Lipinski definition) is 1. The van der Waals surface area contributed by atoms with Crippen LogP contribution in [0.4, 0.5) is 0 Å². The average Bonchev–Trinajstić information content (AvgIpc) is 3.29. The summed E-state index contributed by atoms with van der Waals surface area (Å²) in [5.41, 5.74) is 4.98. The third kappa shape index (κ3) is 3.59. The first-order valence-electron chi connectivity index (χ1n) is 12.0. The van der Waals surface area contributed by atoms with Crippen LogP contribution in [-0.4, -0.2) is 53.4 Å². The number of aromatic amines is 1. The first-order valence-corrected chi connectivity index (χ1v) is 12.0. The van der Waals surface area contributed by atoms with Crippen molar-refractivity contribution < 1.29 is 19.1 Å². The molecule has 2 amide bonds. The molecule has 3 heterocycles. The highest BCUT2D eigenvalue weighted by molar-refractivity contribution is 5.97. The number of nitrogens with one attached hydrogen (secondary N) is 1. The first-order chi connectivity index (χ1) is 17.6. The SMILES string of the molecule is COc1ccc(CN2CC(=O)N3[C@H](c4ccc(OC)cc4)c4[nH]c5ccccc5c4C[C@H]3C2=O)cc1. The zero-order valence-corrected chi connectivity index (χ0v) is 20.2. The summed E-state index contributed by atoms with van der Waals surface area (Å²) in [7, 11) is 3.25. The number of carbonyl (C=O) groups excluding carboxylic acids is 2. The maximum absolute atomic E-state index is 13.9. The van der Waals surface area contributed by atoms with E-state index in [1.807, 2.05) is 66.7 Å². The number of H-pyrrole nitrogens is 1. The van der Waals surface area contributed by atoms with E-state index in [0.29, 0.717) is 13.0 Å². The predicted octanol–water partition coefficient (Wildman–Crippen LogP) is 4.07. The molecule has 1 saturated heterocycles. The molecule has 0 saturated carbocycles. The molecule has 7 nitrogen and oxygen atoms in total. The number of carbonyl (C=O) groups is 2. The van der Waals surface area contributed by atoms with Gasteiger partial charge in [-0.1, -0.05) is 42.5 Å². The van der Waals surface area contributed by atoms with Crippen molar-refractivity contribution in [3.05, 3.63) is 95.2 Å². The Morgan fingerprint density at radius 3 is 2.25 bits per heavy atom. The number of benzene rings is 3. The number of fused-ring (bicyclic) bond motifs is 4. The molecule has 36 heavy (non-hydrogen) atoms. The summed E-state index contributed by atoms with van der Waals surface area (Å²) in [5.74, 6) is 1.42. The van der Waals surface area contributed by atoms with Crippen molar-refractivity contribution in [2.45, 2.75) is 25.0 Å². The van der Waals surface area contributed by atoms with E-state index in [4.69, 9.17) is 9.47 Å². The second-order valence-corrected chi connectivity index (χ2v) is 9.30.